The number of hydrogen-bond acceptors (Lipinski definition) is 6. The van der Waals surface area contributed by atoms with Crippen LogP contribution in [0.25, 0.3) is 21.3 Å². The van der Waals surface area contributed by atoms with Gasteiger partial charge in [-0.1, -0.05) is 29.8 Å². The van der Waals surface area contributed by atoms with Gasteiger partial charge in [-0.05, 0) is 45.2 Å². The second-order valence-corrected chi connectivity index (χ2v) is 9.47. The Labute approximate surface area is 197 Å². The van der Waals surface area contributed by atoms with E-state index in [4.69, 9.17) is 9.47 Å². The number of ketones is 1. The number of benzene rings is 1. The van der Waals surface area contributed by atoms with Gasteiger partial charge in [0.15, 0.2) is 6.61 Å². The highest BCUT2D eigenvalue weighted by Gasteiger charge is 2.22. The molecule has 6 nitrogen and oxygen atoms in total. The summed E-state index contributed by atoms with van der Waals surface area (Å²) in [6.45, 7) is 7.63. The molecule has 5 rings (SSSR count). The van der Waals surface area contributed by atoms with Crippen LogP contribution in [0.2, 0.25) is 0 Å². The molecule has 7 heteroatoms. The van der Waals surface area contributed by atoms with E-state index in [2.05, 4.69) is 51.1 Å². The molecule has 0 radical (unpaired) electrons. The normalized spacial score (nSPS) is 15.9. The first-order valence-electron chi connectivity index (χ1n) is 11.2. The highest BCUT2D eigenvalue weighted by molar-refractivity contribution is 7.17. The molecule has 0 N–H and O–H groups in total. The highest BCUT2D eigenvalue weighted by atomic mass is 32.1. The van der Waals surface area contributed by atoms with Gasteiger partial charge in [-0.2, -0.15) is 0 Å². The Morgan fingerprint density at radius 3 is 2.79 bits per heavy atom. The van der Waals surface area contributed by atoms with E-state index in [-0.39, 0.29) is 18.5 Å². The van der Waals surface area contributed by atoms with E-state index < -0.39 is 0 Å². The van der Waals surface area contributed by atoms with Crippen LogP contribution in [0.5, 0.6) is 5.88 Å². The van der Waals surface area contributed by atoms with E-state index in [1.807, 2.05) is 19.9 Å². The molecule has 1 saturated heterocycles. The minimum Gasteiger partial charge on any atom is -0.469 e. The molecule has 4 aromatic rings. The number of Topliss-reactive ketones (excluding diaryl/α,β-unsaturated/α-hetero) is 1. The van der Waals surface area contributed by atoms with Gasteiger partial charge in [0.1, 0.15) is 11.2 Å². The maximum absolute atomic E-state index is 13.1. The predicted octanol–water partition coefficient (Wildman–Crippen LogP) is 5.53. The topological polar surface area (TPSA) is 66.2 Å². The number of carbonyl (C=O) groups excluding carboxylic acids is 1. The Morgan fingerprint density at radius 1 is 1.21 bits per heavy atom. The quantitative estimate of drug-likeness (QED) is 0.339. The highest BCUT2D eigenvalue weighted by Crippen LogP contribution is 2.37. The minimum absolute atomic E-state index is 0.0550. The van der Waals surface area contributed by atoms with Gasteiger partial charge >= 0.3 is 0 Å². The summed E-state index contributed by atoms with van der Waals surface area (Å²) in [6.07, 6.45) is 3.88. The summed E-state index contributed by atoms with van der Waals surface area (Å²) in [5.41, 5.74) is 6.02. The predicted molar refractivity (Wildman–Crippen MR) is 130 cm³/mol. The number of rotatable bonds is 7. The molecule has 0 spiro atoms. The van der Waals surface area contributed by atoms with E-state index in [1.165, 1.54) is 11.9 Å². The van der Waals surface area contributed by atoms with Gasteiger partial charge in [0.05, 0.1) is 11.5 Å². The Kier molecular flexibility index (Phi) is 6.00. The molecule has 1 aromatic carbocycles. The smallest absolute Gasteiger partial charge is 0.226 e. The van der Waals surface area contributed by atoms with Crippen LogP contribution >= 0.6 is 11.3 Å². The number of hydrogen-bond donors (Lipinski definition) is 0. The molecule has 0 aliphatic carbocycles. The summed E-state index contributed by atoms with van der Waals surface area (Å²) < 4.78 is 14.0. The lowest BCUT2D eigenvalue weighted by atomic mass is 10.0. The van der Waals surface area contributed by atoms with Gasteiger partial charge in [0.2, 0.25) is 11.7 Å². The second-order valence-electron chi connectivity index (χ2n) is 8.62. The van der Waals surface area contributed by atoms with Crippen LogP contribution in [-0.4, -0.2) is 39.6 Å². The Balaban J connectivity index is 1.37. The third-order valence-electron chi connectivity index (χ3n) is 6.32. The molecule has 0 amide bonds. The van der Waals surface area contributed by atoms with Crippen LogP contribution in [-0.2, 0) is 11.3 Å². The number of fused-ring (bicyclic) bond motifs is 1. The van der Waals surface area contributed by atoms with Crippen LogP contribution in [0, 0.1) is 20.8 Å². The van der Waals surface area contributed by atoms with Gasteiger partial charge in [-0.25, -0.2) is 9.97 Å². The molecule has 3 aromatic heterocycles. The summed E-state index contributed by atoms with van der Waals surface area (Å²) in [4.78, 5) is 22.7. The van der Waals surface area contributed by atoms with Gasteiger partial charge < -0.3 is 14.0 Å². The van der Waals surface area contributed by atoms with Crippen molar-refractivity contribution in [2.75, 3.05) is 13.2 Å². The number of nitrogens with zero attached hydrogens (tertiary/aromatic N) is 3. The first kappa shape index (κ1) is 21.8. The van der Waals surface area contributed by atoms with Crippen LogP contribution in [0.15, 0.2) is 42.0 Å². The van der Waals surface area contributed by atoms with Crippen molar-refractivity contribution < 1.29 is 14.3 Å². The summed E-state index contributed by atoms with van der Waals surface area (Å²) in [7, 11) is 0. The molecule has 0 saturated carbocycles. The Hall–Kier alpha value is -3.03. The lowest BCUT2D eigenvalue weighted by molar-refractivity contribution is 0.0912. The van der Waals surface area contributed by atoms with Gasteiger partial charge in [0, 0.05) is 41.0 Å². The first-order valence-corrected chi connectivity index (χ1v) is 12.1. The zero-order valence-electron chi connectivity index (χ0n) is 19.1. The van der Waals surface area contributed by atoms with E-state index in [0.717, 1.165) is 58.7 Å². The first-order chi connectivity index (χ1) is 16.0. The van der Waals surface area contributed by atoms with E-state index in [1.54, 1.807) is 11.3 Å². The van der Waals surface area contributed by atoms with Crippen molar-refractivity contribution in [2.45, 2.75) is 46.3 Å². The summed E-state index contributed by atoms with van der Waals surface area (Å²) in [5, 5.41) is 2.92. The molecule has 170 valence electrons. The lowest BCUT2D eigenvalue weighted by Gasteiger charge is -2.14. The molecule has 1 unspecified atom stereocenters. The third kappa shape index (κ3) is 4.30. The largest absolute Gasteiger partial charge is 0.469 e. The van der Waals surface area contributed by atoms with Crippen molar-refractivity contribution in [1.29, 1.82) is 0 Å². The van der Waals surface area contributed by atoms with Gasteiger partial charge in [0.25, 0.3) is 0 Å². The second kappa shape index (κ2) is 9.08. The van der Waals surface area contributed by atoms with Crippen molar-refractivity contribution in [1.82, 2.24) is 14.5 Å². The molecular formula is C26H27N3O3S. The number of thiophene rings is 1. The molecular weight excluding hydrogens is 434 g/mol. The maximum atomic E-state index is 13.1. The molecule has 1 atom stereocenters. The fourth-order valence-corrected chi connectivity index (χ4v) is 5.38. The van der Waals surface area contributed by atoms with Crippen LogP contribution in [0.4, 0.5) is 0 Å². The zero-order chi connectivity index (χ0) is 22.9. The van der Waals surface area contributed by atoms with Crippen molar-refractivity contribution in [2.24, 2.45) is 0 Å². The molecule has 4 heterocycles. The molecule has 1 aliphatic heterocycles. The lowest BCUT2D eigenvalue weighted by Crippen LogP contribution is -2.18. The van der Waals surface area contributed by atoms with Crippen LogP contribution in [0.1, 0.15) is 40.2 Å². The Morgan fingerprint density at radius 2 is 2.03 bits per heavy atom. The minimum atomic E-state index is -0.0699. The zero-order valence-corrected chi connectivity index (χ0v) is 19.9. The number of aryl methyl sites for hydroxylation is 2. The van der Waals surface area contributed by atoms with Crippen molar-refractivity contribution in [3.63, 3.8) is 0 Å². The fourth-order valence-electron chi connectivity index (χ4n) is 4.47. The average molecular weight is 462 g/mol. The fraction of sp³-hybridized carbons (Fsp3) is 0.346. The van der Waals surface area contributed by atoms with Crippen molar-refractivity contribution in [3.8, 4) is 17.0 Å². The maximum Gasteiger partial charge on any atom is 0.226 e. The molecule has 0 bridgehead atoms. The van der Waals surface area contributed by atoms with Gasteiger partial charge in [-0.15, -0.1) is 11.3 Å². The van der Waals surface area contributed by atoms with E-state index >= 15 is 0 Å². The SMILES string of the molecule is Cc1ccc(-c2csc3ncnc(OCC(=O)c4cc(C)n(CC5CCCO5)c4C)c23)cc1. The van der Waals surface area contributed by atoms with Crippen LogP contribution < -0.4 is 4.74 Å². The summed E-state index contributed by atoms with van der Waals surface area (Å²) in [5.74, 6) is 0.388. The molecule has 33 heavy (non-hydrogen) atoms. The molecule has 1 fully saturated rings. The third-order valence-corrected chi connectivity index (χ3v) is 7.21. The summed E-state index contributed by atoms with van der Waals surface area (Å²) in [6, 6.07) is 10.3. The van der Waals surface area contributed by atoms with E-state index in [9.17, 15) is 4.79 Å². The number of ether oxygens (including phenoxy) is 2. The van der Waals surface area contributed by atoms with Crippen molar-refractivity contribution in [3.05, 3.63) is 64.6 Å². The van der Waals surface area contributed by atoms with Crippen LogP contribution in [0.3, 0.4) is 0 Å². The average Bonchev–Trinajstić information content (AvgIpc) is 3.55. The monoisotopic (exact) mass is 461 g/mol. The number of carbonyl (C=O) groups is 1. The summed E-state index contributed by atoms with van der Waals surface area (Å²) >= 11 is 1.55. The molecule has 1 aliphatic rings. The number of aromatic nitrogens is 3. The Bertz CT molecular complexity index is 1300. The van der Waals surface area contributed by atoms with Gasteiger partial charge in [-0.3, -0.25) is 4.79 Å². The standard InChI is InChI=1S/C26H27N3O3S/c1-16-6-8-19(9-7-16)22-14-33-26-24(22)25(27-15-28-26)32-13-23(30)21-11-17(2)29(18(21)3)12-20-5-4-10-31-20/h6-9,11,14-15,20H,4-5,10,12-13H2,1-3H3. The van der Waals surface area contributed by atoms with E-state index in [0.29, 0.717) is 11.4 Å². The van der Waals surface area contributed by atoms with Crippen molar-refractivity contribution >= 4 is 27.3 Å².